The minimum absolute atomic E-state index is 0.153. The first-order chi connectivity index (χ1) is 10.1. The van der Waals surface area contributed by atoms with E-state index in [-0.39, 0.29) is 12.1 Å². The average Bonchev–Trinajstić information content (AvgIpc) is 2.96. The van der Waals surface area contributed by atoms with Crippen molar-refractivity contribution in [2.45, 2.75) is 31.9 Å². The van der Waals surface area contributed by atoms with E-state index in [1.165, 1.54) is 0 Å². The van der Waals surface area contributed by atoms with Crippen molar-refractivity contribution < 1.29 is 14.3 Å². The minimum atomic E-state index is -0.553. The van der Waals surface area contributed by atoms with Crippen molar-refractivity contribution in [2.24, 2.45) is 0 Å². The minimum Gasteiger partial charge on any atom is -0.465 e. The molecule has 0 aromatic heterocycles. The van der Waals surface area contributed by atoms with Crippen molar-refractivity contribution in [3.05, 3.63) is 33.3 Å². The fourth-order valence-electron chi connectivity index (χ4n) is 2.34. The summed E-state index contributed by atoms with van der Waals surface area (Å²) in [7, 11) is 0. The quantitative estimate of drug-likeness (QED) is 0.772. The third kappa shape index (κ3) is 4.68. The van der Waals surface area contributed by atoms with Gasteiger partial charge in [0.1, 0.15) is 6.04 Å². The standard InChI is InChI=1S/C15H19BrClNO3/c1-2-20-15(19)14(18-9-11-4-3-7-21-11)12-8-10(17)5-6-13(12)16/h5-6,8,11,14,18H,2-4,7,9H2,1H3. The molecule has 6 heteroatoms. The van der Waals surface area contributed by atoms with E-state index in [1.54, 1.807) is 19.1 Å². The molecule has 1 heterocycles. The van der Waals surface area contributed by atoms with Crippen LogP contribution in [0.25, 0.3) is 0 Å². The van der Waals surface area contributed by atoms with Gasteiger partial charge >= 0.3 is 5.97 Å². The molecule has 0 aliphatic carbocycles. The predicted octanol–water partition coefficient (Wildman–Crippen LogP) is 3.48. The van der Waals surface area contributed by atoms with E-state index in [4.69, 9.17) is 21.1 Å². The molecule has 2 rings (SSSR count). The molecule has 0 amide bonds. The molecule has 2 atom stereocenters. The smallest absolute Gasteiger partial charge is 0.327 e. The summed E-state index contributed by atoms with van der Waals surface area (Å²) < 4.78 is 11.6. The number of nitrogens with one attached hydrogen (secondary N) is 1. The van der Waals surface area contributed by atoms with Crippen LogP contribution in [0.5, 0.6) is 0 Å². The maximum absolute atomic E-state index is 12.2. The average molecular weight is 377 g/mol. The second-order valence-electron chi connectivity index (χ2n) is 4.89. The van der Waals surface area contributed by atoms with Crippen molar-refractivity contribution in [1.82, 2.24) is 5.32 Å². The number of halogens is 2. The first-order valence-corrected chi connectivity index (χ1v) is 8.25. The van der Waals surface area contributed by atoms with Gasteiger partial charge in [0.05, 0.1) is 12.7 Å². The molecule has 1 saturated heterocycles. The van der Waals surface area contributed by atoms with Crippen LogP contribution in [0.1, 0.15) is 31.4 Å². The third-order valence-electron chi connectivity index (χ3n) is 3.36. The van der Waals surface area contributed by atoms with Crippen molar-refractivity contribution in [3.8, 4) is 0 Å². The third-order valence-corrected chi connectivity index (χ3v) is 4.32. The fraction of sp³-hybridized carbons (Fsp3) is 0.533. The highest BCUT2D eigenvalue weighted by Crippen LogP contribution is 2.28. The Labute approximate surface area is 138 Å². The van der Waals surface area contributed by atoms with Crippen molar-refractivity contribution in [1.29, 1.82) is 0 Å². The normalized spacial score (nSPS) is 19.5. The maximum atomic E-state index is 12.2. The number of rotatable bonds is 6. The highest BCUT2D eigenvalue weighted by Gasteiger charge is 2.26. The summed E-state index contributed by atoms with van der Waals surface area (Å²) in [6.07, 6.45) is 2.23. The number of carbonyl (C=O) groups is 1. The van der Waals surface area contributed by atoms with Gasteiger partial charge in [-0.25, -0.2) is 4.79 Å². The summed E-state index contributed by atoms with van der Waals surface area (Å²) in [6.45, 7) is 3.54. The van der Waals surface area contributed by atoms with Crippen LogP contribution in [0, 0.1) is 0 Å². The zero-order valence-corrected chi connectivity index (χ0v) is 14.2. The summed E-state index contributed by atoms with van der Waals surface area (Å²) in [4.78, 5) is 12.2. The lowest BCUT2D eigenvalue weighted by molar-refractivity contribution is -0.146. The molecule has 1 N–H and O–H groups in total. The van der Waals surface area contributed by atoms with Crippen LogP contribution in [0.4, 0.5) is 0 Å². The van der Waals surface area contributed by atoms with Crippen LogP contribution in [0.3, 0.4) is 0 Å². The van der Waals surface area contributed by atoms with Gasteiger partial charge in [0.25, 0.3) is 0 Å². The van der Waals surface area contributed by atoms with Gasteiger partial charge in [-0.15, -0.1) is 0 Å². The summed E-state index contributed by atoms with van der Waals surface area (Å²) >= 11 is 9.51. The Morgan fingerprint density at radius 2 is 2.43 bits per heavy atom. The van der Waals surface area contributed by atoms with E-state index >= 15 is 0 Å². The molecule has 21 heavy (non-hydrogen) atoms. The topological polar surface area (TPSA) is 47.6 Å². The van der Waals surface area contributed by atoms with E-state index < -0.39 is 6.04 Å². The molecule has 0 radical (unpaired) electrons. The van der Waals surface area contributed by atoms with Gasteiger partial charge in [-0.3, -0.25) is 5.32 Å². The monoisotopic (exact) mass is 375 g/mol. The number of ether oxygens (including phenoxy) is 2. The van der Waals surface area contributed by atoms with Gasteiger partial charge in [-0.05, 0) is 43.5 Å². The molecule has 0 saturated carbocycles. The van der Waals surface area contributed by atoms with E-state index in [2.05, 4.69) is 21.2 Å². The SMILES string of the molecule is CCOC(=O)C(NCC1CCCO1)c1cc(Cl)ccc1Br. The van der Waals surface area contributed by atoms with Crippen molar-refractivity contribution in [3.63, 3.8) is 0 Å². The van der Waals surface area contributed by atoms with Gasteiger partial charge in [-0.2, -0.15) is 0 Å². The van der Waals surface area contributed by atoms with Gasteiger partial charge in [0, 0.05) is 22.6 Å². The van der Waals surface area contributed by atoms with E-state index in [0.717, 1.165) is 29.5 Å². The molecular weight excluding hydrogens is 358 g/mol. The molecule has 4 nitrogen and oxygen atoms in total. The summed E-state index contributed by atoms with van der Waals surface area (Å²) in [5, 5.41) is 3.83. The molecule has 1 fully saturated rings. The van der Waals surface area contributed by atoms with Gasteiger partial charge < -0.3 is 9.47 Å². The van der Waals surface area contributed by atoms with E-state index in [9.17, 15) is 4.79 Å². The lowest BCUT2D eigenvalue weighted by Gasteiger charge is -2.21. The van der Waals surface area contributed by atoms with Crippen molar-refractivity contribution in [2.75, 3.05) is 19.8 Å². The number of carbonyl (C=O) groups excluding carboxylic acids is 1. The number of benzene rings is 1. The first-order valence-electron chi connectivity index (χ1n) is 7.08. The molecule has 0 bridgehead atoms. The fourth-order valence-corrected chi connectivity index (χ4v) is 2.99. The second-order valence-corrected chi connectivity index (χ2v) is 6.18. The Morgan fingerprint density at radius 1 is 1.62 bits per heavy atom. The first kappa shape index (κ1) is 16.7. The van der Waals surface area contributed by atoms with Gasteiger partial charge in [0.15, 0.2) is 0 Å². The Morgan fingerprint density at radius 3 is 3.10 bits per heavy atom. The summed E-state index contributed by atoms with van der Waals surface area (Å²) in [5.74, 6) is -0.307. The van der Waals surface area contributed by atoms with E-state index in [1.807, 2.05) is 6.07 Å². The highest BCUT2D eigenvalue weighted by atomic mass is 79.9. The zero-order valence-electron chi connectivity index (χ0n) is 11.9. The van der Waals surface area contributed by atoms with E-state index in [0.29, 0.717) is 18.2 Å². The van der Waals surface area contributed by atoms with Crippen molar-refractivity contribution >= 4 is 33.5 Å². The molecule has 116 valence electrons. The second kappa shape index (κ2) is 8.13. The Kier molecular flexibility index (Phi) is 6.48. The van der Waals surface area contributed by atoms with Gasteiger partial charge in [0.2, 0.25) is 0 Å². The number of esters is 1. The number of hydrogen-bond acceptors (Lipinski definition) is 4. The Balaban J connectivity index is 2.14. The largest absolute Gasteiger partial charge is 0.465 e. The molecule has 1 aliphatic rings. The highest BCUT2D eigenvalue weighted by molar-refractivity contribution is 9.10. The lowest BCUT2D eigenvalue weighted by atomic mass is 10.1. The molecule has 1 aromatic carbocycles. The Hall–Kier alpha value is -0.620. The molecule has 2 unspecified atom stereocenters. The molecule has 1 aliphatic heterocycles. The zero-order chi connectivity index (χ0) is 15.2. The maximum Gasteiger partial charge on any atom is 0.327 e. The molecule has 1 aromatic rings. The van der Waals surface area contributed by atoms with Crippen LogP contribution in [-0.4, -0.2) is 31.8 Å². The molecular formula is C15H19BrClNO3. The Bertz CT molecular complexity index is 492. The summed E-state index contributed by atoms with van der Waals surface area (Å²) in [6, 6.07) is 4.83. The van der Waals surface area contributed by atoms with Gasteiger partial charge in [-0.1, -0.05) is 27.5 Å². The van der Waals surface area contributed by atoms with Crippen LogP contribution in [0.15, 0.2) is 22.7 Å². The van der Waals surface area contributed by atoms with Crippen LogP contribution in [-0.2, 0) is 14.3 Å². The van der Waals surface area contributed by atoms with Crippen LogP contribution < -0.4 is 5.32 Å². The lowest BCUT2D eigenvalue weighted by Crippen LogP contribution is -2.35. The van der Waals surface area contributed by atoms with Crippen LogP contribution >= 0.6 is 27.5 Å². The number of hydrogen-bond donors (Lipinski definition) is 1. The molecule has 0 spiro atoms. The summed E-state index contributed by atoms with van der Waals surface area (Å²) in [5.41, 5.74) is 0.777. The van der Waals surface area contributed by atoms with Crippen LogP contribution in [0.2, 0.25) is 5.02 Å². The predicted molar refractivity (Wildman–Crippen MR) is 85.5 cm³/mol.